The summed E-state index contributed by atoms with van der Waals surface area (Å²) in [5, 5.41) is 19.7. The van der Waals surface area contributed by atoms with Crippen LogP contribution in [-0.4, -0.2) is 87.2 Å². The Morgan fingerprint density at radius 2 is 1.76 bits per heavy atom. The van der Waals surface area contributed by atoms with Crippen molar-refractivity contribution in [3.8, 4) is 0 Å². The second-order valence-corrected chi connectivity index (χ2v) is 9.58. The van der Waals surface area contributed by atoms with Gasteiger partial charge >= 0.3 is 0 Å². The summed E-state index contributed by atoms with van der Waals surface area (Å²) >= 11 is 0. The molecule has 2 atom stereocenters. The molecule has 0 spiro atoms. The molecule has 1 aromatic rings. The van der Waals surface area contributed by atoms with Crippen molar-refractivity contribution in [2.24, 2.45) is 13.0 Å². The van der Waals surface area contributed by atoms with E-state index in [1.54, 1.807) is 0 Å². The van der Waals surface area contributed by atoms with Crippen LogP contribution in [0.3, 0.4) is 0 Å². The van der Waals surface area contributed by atoms with Crippen molar-refractivity contribution in [2.75, 3.05) is 26.2 Å². The van der Waals surface area contributed by atoms with Crippen LogP contribution < -0.4 is 5.32 Å². The first-order chi connectivity index (χ1) is 15.8. The molecule has 3 N–H and O–H groups in total. The SMILES string of the molecule is Cc1c(C(=O)NC[C@@H]2CC[C@H](CC(=O)N3CCC(O)CC3)N2CC2CC2)ccn1C.O=CO. The Kier molecular flexibility index (Phi) is 8.91. The highest BCUT2D eigenvalue weighted by Gasteiger charge is 2.38. The summed E-state index contributed by atoms with van der Waals surface area (Å²) in [6.07, 6.45) is 8.20. The van der Waals surface area contributed by atoms with Gasteiger partial charge in [-0.2, -0.15) is 0 Å². The maximum Gasteiger partial charge on any atom is 0.290 e. The number of hydrogen-bond donors (Lipinski definition) is 3. The van der Waals surface area contributed by atoms with Crippen LogP contribution in [0.4, 0.5) is 0 Å². The Hall–Kier alpha value is -2.39. The topological polar surface area (TPSA) is 115 Å². The first-order valence-corrected chi connectivity index (χ1v) is 12.0. The molecule has 3 aliphatic rings. The molecule has 9 nitrogen and oxygen atoms in total. The third kappa shape index (κ3) is 6.80. The standard InChI is InChI=1S/C23H36N4O3.CH2O2/c1-16-21(9-10-25(16)2)23(30)24-14-19-6-5-18(27(19)15-17-3-4-17)13-22(29)26-11-7-20(28)8-12-26;2-1-3/h9-10,17-20,28H,3-8,11-15H2,1-2H3,(H,24,30);1H,(H,2,3)/t18-,19+;/m1./s1. The number of nitrogens with zero attached hydrogens (tertiary/aromatic N) is 3. The van der Waals surface area contributed by atoms with E-state index in [-0.39, 0.29) is 30.4 Å². The molecule has 2 saturated heterocycles. The monoisotopic (exact) mass is 462 g/mol. The van der Waals surface area contributed by atoms with E-state index >= 15 is 0 Å². The molecule has 3 fully saturated rings. The summed E-state index contributed by atoms with van der Waals surface area (Å²) in [6, 6.07) is 2.45. The highest BCUT2D eigenvalue weighted by atomic mass is 16.3. The Morgan fingerprint density at radius 1 is 1.12 bits per heavy atom. The fraction of sp³-hybridized carbons (Fsp3) is 0.708. The van der Waals surface area contributed by atoms with E-state index in [4.69, 9.17) is 9.90 Å². The lowest BCUT2D eigenvalue weighted by Gasteiger charge is -2.33. The molecule has 2 amide bonds. The van der Waals surface area contributed by atoms with Gasteiger partial charge < -0.3 is 25.0 Å². The molecule has 0 radical (unpaired) electrons. The number of likely N-dealkylation sites (tertiary alicyclic amines) is 2. The van der Waals surface area contributed by atoms with Crippen molar-refractivity contribution in [1.82, 2.24) is 19.7 Å². The lowest BCUT2D eigenvalue weighted by atomic mass is 10.1. The van der Waals surface area contributed by atoms with E-state index in [1.807, 2.05) is 35.7 Å². The van der Waals surface area contributed by atoms with Crippen molar-refractivity contribution in [2.45, 2.75) is 70.1 Å². The van der Waals surface area contributed by atoms with Gasteiger partial charge in [-0.3, -0.25) is 19.3 Å². The predicted molar refractivity (Wildman–Crippen MR) is 124 cm³/mol. The van der Waals surface area contributed by atoms with Gasteiger partial charge in [-0.25, -0.2) is 0 Å². The van der Waals surface area contributed by atoms with E-state index in [9.17, 15) is 14.7 Å². The molecule has 184 valence electrons. The van der Waals surface area contributed by atoms with Crippen LogP contribution in [0.1, 0.15) is 61.0 Å². The van der Waals surface area contributed by atoms with Crippen LogP contribution in [0.15, 0.2) is 12.3 Å². The van der Waals surface area contributed by atoms with E-state index in [2.05, 4.69) is 10.2 Å². The number of aliphatic hydroxyl groups is 1. The summed E-state index contributed by atoms with van der Waals surface area (Å²) in [7, 11) is 1.95. The lowest BCUT2D eigenvalue weighted by molar-refractivity contribution is -0.134. The molecule has 0 aromatic carbocycles. The molecule has 0 bridgehead atoms. The number of aliphatic hydroxyl groups excluding tert-OH is 1. The minimum atomic E-state index is -0.256. The fourth-order valence-corrected chi connectivity index (χ4v) is 4.95. The Balaban J connectivity index is 0.000000968. The number of piperidine rings is 1. The number of carboxylic acid groups (broad SMARTS) is 1. The van der Waals surface area contributed by atoms with Gasteiger partial charge in [0.25, 0.3) is 12.4 Å². The predicted octanol–water partition coefficient (Wildman–Crippen LogP) is 1.38. The summed E-state index contributed by atoms with van der Waals surface area (Å²) in [4.78, 5) is 38.3. The zero-order valence-corrected chi connectivity index (χ0v) is 19.8. The quantitative estimate of drug-likeness (QED) is 0.528. The van der Waals surface area contributed by atoms with E-state index < -0.39 is 0 Å². The van der Waals surface area contributed by atoms with Crippen LogP contribution in [0.2, 0.25) is 0 Å². The number of hydrogen-bond acceptors (Lipinski definition) is 5. The molecule has 1 aliphatic carbocycles. The number of nitrogens with one attached hydrogen (secondary N) is 1. The number of carbonyl (C=O) groups excluding carboxylic acids is 2. The van der Waals surface area contributed by atoms with Gasteiger partial charge in [0.15, 0.2) is 0 Å². The van der Waals surface area contributed by atoms with Crippen molar-refractivity contribution in [3.05, 3.63) is 23.5 Å². The van der Waals surface area contributed by atoms with Gasteiger partial charge in [0.1, 0.15) is 0 Å². The average Bonchev–Trinajstić information content (AvgIpc) is 3.45. The molecule has 0 unspecified atom stereocenters. The van der Waals surface area contributed by atoms with Gasteiger partial charge in [-0.15, -0.1) is 0 Å². The van der Waals surface area contributed by atoms with Gasteiger partial charge in [-0.1, -0.05) is 0 Å². The zero-order valence-electron chi connectivity index (χ0n) is 19.8. The van der Waals surface area contributed by atoms with Crippen LogP contribution in [0, 0.1) is 12.8 Å². The minimum absolute atomic E-state index is 0.00845. The average molecular weight is 463 g/mol. The molecule has 9 heteroatoms. The first kappa shape index (κ1) is 25.2. The maximum atomic E-state index is 12.9. The van der Waals surface area contributed by atoms with Gasteiger partial charge in [0.05, 0.1) is 11.7 Å². The third-order valence-corrected chi connectivity index (χ3v) is 7.29. The second-order valence-electron chi connectivity index (χ2n) is 9.58. The van der Waals surface area contributed by atoms with Crippen molar-refractivity contribution in [1.29, 1.82) is 0 Å². The third-order valence-electron chi connectivity index (χ3n) is 7.29. The van der Waals surface area contributed by atoms with Crippen molar-refractivity contribution < 1.29 is 24.6 Å². The lowest BCUT2D eigenvalue weighted by Crippen LogP contribution is -2.47. The van der Waals surface area contributed by atoms with Crippen LogP contribution in [0.5, 0.6) is 0 Å². The van der Waals surface area contributed by atoms with Gasteiger partial charge in [-0.05, 0) is 57.4 Å². The Bertz CT molecular complexity index is 814. The summed E-state index contributed by atoms with van der Waals surface area (Å²) in [5.41, 5.74) is 1.71. The summed E-state index contributed by atoms with van der Waals surface area (Å²) < 4.78 is 1.96. The molecule has 1 aromatic heterocycles. The molecule has 2 aliphatic heterocycles. The number of aromatic nitrogens is 1. The number of rotatable bonds is 7. The molecular weight excluding hydrogens is 424 g/mol. The number of aryl methyl sites for hydroxylation is 1. The smallest absolute Gasteiger partial charge is 0.290 e. The molecule has 3 heterocycles. The highest BCUT2D eigenvalue weighted by Crippen LogP contribution is 2.35. The maximum absolute atomic E-state index is 12.9. The van der Waals surface area contributed by atoms with Gasteiger partial charge in [0, 0.05) is 63.6 Å². The normalized spacial score (nSPS) is 23.7. The first-order valence-electron chi connectivity index (χ1n) is 12.0. The van der Waals surface area contributed by atoms with Crippen molar-refractivity contribution >= 4 is 18.3 Å². The summed E-state index contributed by atoms with van der Waals surface area (Å²) in [6.45, 7) is 4.74. The van der Waals surface area contributed by atoms with E-state index in [1.165, 1.54) is 12.8 Å². The zero-order chi connectivity index (χ0) is 24.0. The highest BCUT2D eigenvalue weighted by molar-refractivity contribution is 5.95. The molecular formula is C24H38N4O5. The van der Waals surface area contributed by atoms with Gasteiger partial charge in [0.2, 0.25) is 5.91 Å². The number of carbonyl (C=O) groups is 3. The largest absolute Gasteiger partial charge is 0.483 e. The van der Waals surface area contributed by atoms with Crippen LogP contribution in [-0.2, 0) is 16.6 Å². The Morgan fingerprint density at radius 3 is 2.33 bits per heavy atom. The van der Waals surface area contributed by atoms with Crippen molar-refractivity contribution in [3.63, 3.8) is 0 Å². The van der Waals surface area contributed by atoms with Crippen LogP contribution in [0.25, 0.3) is 0 Å². The van der Waals surface area contributed by atoms with E-state index in [0.717, 1.165) is 36.6 Å². The second kappa shape index (κ2) is 11.7. The molecule has 4 rings (SSSR count). The molecule has 33 heavy (non-hydrogen) atoms. The minimum Gasteiger partial charge on any atom is -0.483 e. The molecule has 1 saturated carbocycles. The van der Waals surface area contributed by atoms with E-state index in [0.29, 0.717) is 44.9 Å². The summed E-state index contributed by atoms with van der Waals surface area (Å²) in [5.74, 6) is 0.962. The Labute approximate surface area is 195 Å². The van der Waals surface area contributed by atoms with Crippen LogP contribution >= 0.6 is 0 Å². The number of amides is 2. The fourth-order valence-electron chi connectivity index (χ4n) is 4.95.